The minimum absolute atomic E-state index is 0.0464. The van der Waals surface area contributed by atoms with Crippen molar-refractivity contribution in [1.29, 1.82) is 0 Å². The van der Waals surface area contributed by atoms with Crippen LogP contribution in [0, 0.1) is 0 Å². The lowest BCUT2D eigenvalue weighted by Crippen LogP contribution is -2.37. The zero-order valence-corrected chi connectivity index (χ0v) is 12.3. The molecule has 1 aliphatic heterocycles. The molecule has 1 aliphatic rings. The molecule has 1 N–H and O–H groups in total. The number of carboxylic acids is 1. The number of carbonyl (C=O) groups is 2. The first-order valence-corrected chi connectivity index (χ1v) is 7.32. The number of aryl methyl sites for hydroxylation is 2. The number of carboxylic acid groups (broad SMARTS) is 1. The summed E-state index contributed by atoms with van der Waals surface area (Å²) in [6.45, 7) is 2.87. The van der Waals surface area contributed by atoms with Crippen molar-refractivity contribution in [3.05, 3.63) is 47.3 Å². The predicted octanol–water partition coefficient (Wildman–Crippen LogP) is 2.19. The van der Waals surface area contributed by atoms with Crippen molar-refractivity contribution in [3.63, 3.8) is 0 Å². The number of para-hydroxylation sites is 1. The van der Waals surface area contributed by atoms with Crippen molar-refractivity contribution >= 4 is 17.6 Å². The Hall–Kier alpha value is -2.63. The van der Waals surface area contributed by atoms with Gasteiger partial charge in [-0.2, -0.15) is 5.10 Å². The van der Waals surface area contributed by atoms with Crippen molar-refractivity contribution in [2.24, 2.45) is 0 Å². The van der Waals surface area contributed by atoms with Gasteiger partial charge in [-0.3, -0.25) is 9.48 Å². The van der Waals surface area contributed by atoms with Gasteiger partial charge in [-0.1, -0.05) is 18.2 Å². The van der Waals surface area contributed by atoms with Crippen LogP contribution in [0.1, 0.15) is 39.8 Å². The van der Waals surface area contributed by atoms with Gasteiger partial charge in [-0.25, -0.2) is 4.79 Å². The SMILES string of the molecule is CCn1ncc(C(=O)O)c1C(=O)N1CCCc2ccccc21. The van der Waals surface area contributed by atoms with Gasteiger partial charge < -0.3 is 10.0 Å². The Morgan fingerprint density at radius 3 is 2.82 bits per heavy atom. The Bertz CT molecular complexity index is 736. The summed E-state index contributed by atoms with van der Waals surface area (Å²) in [7, 11) is 0. The molecule has 0 fully saturated rings. The molecule has 2 aromatic rings. The third kappa shape index (κ3) is 2.26. The molecule has 0 saturated carbocycles. The lowest BCUT2D eigenvalue weighted by atomic mass is 10.0. The average molecular weight is 299 g/mol. The van der Waals surface area contributed by atoms with E-state index in [9.17, 15) is 14.7 Å². The first-order chi connectivity index (χ1) is 10.6. The summed E-state index contributed by atoms with van der Waals surface area (Å²) in [4.78, 5) is 26.0. The van der Waals surface area contributed by atoms with Crippen molar-refractivity contribution in [2.45, 2.75) is 26.3 Å². The van der Waals surface area contributed by atoms with E-state index in [0.29, 0.717) is 13.1 Å². The highest BCUT2D eigenvalue weighted by Gasteiger charge is 2.29. The summed E-state index contributed by atoms with van der Waals surface area (Å²) >= 11 is 0. The Kier molecular flexibility index (Phi) is 3.66. The van der Waals surface area contributed by atoms with E-state index < -0.39 is 5.97 Å². The van der Waals surface area contributed by atoms with Crippen molar-refractivity contribution < 1.29 is 14.7 Å². The first kappa shape index (κ1) is 14.3. The van der Waals surface area contributed by atoms with Gasteiger partial charge in [0.05, 0.1) is 6.20 Å². The van der Waals surface area contributed by atoms with E-state index in [1.165, 1.54) is 10.9 Å². The molecule has 114 valence electrons. The van der Waals surface area contributed by atoms with Crippen LogP contribution < -0.4 is 4.90 Å². The second-order valence-corrected chi connectivity index (χ2v) is 5.22. The molecule has 1 amide bonds. The number of anilines is 1. The second kappa shape index (κ2) is 5.63. The maximum absolute atomic E-state index is 12.9. The van der Waals surface area contributed by atoms with Gasteiger partial charge in [0.1, 0.15) is 11.3 Å². The molecule has 22 heavy (non-hydrogen) atoms. The minimum atomic E-state index is -1.13. The molecule has 0 saturated heterocycles. The minimum Gasteiger partial charge on any atom is -0.478 e. The third-order valence-electron chi connectivity index (χ3n) is 3.93. The van der Waals surface area contributed by atoms with Gasteiger partial charge >= 0.3 is 5.97 Å². The fraction of sp³-hybridized carbons (Fsp3) is 0.312. The number of amides is 1. The summed E-state index contributed by atoms with van der Waals surface area (Å²) in [6, 6.07) is 7.74. The lowest BCUT2D eigenvalue weighted by Gasteiger charge is -2.29. The van der Waals surface area contributed by atoms with E-state index in [1.807, 2.05) is 31.2 Å². The van der Waals surface area contributed by atoms with Crippen LogP contribution in [0.5, 0.6) is 0 Å². The molecule has 0 bridgehead atoms. The number of aromatic nitrogens is 2. The maximum atomic E-state index is 12.9. The topological polar surface area (TPSA) is 75.4 Å². The second-order valence-electron chi connectivity index (χ2n) is 5.22. The highest BCUT2D eigenvalue weighted by molar-refractivity contribution is 6.11. The Labute approximate surface area is 128 Å². The maximum Gasteiger partial charge on any atom is 0.339 e. The number of aromatic carboxylic acids is 1. The molecule has 0 radical (unpaired) electrons. The molecule has 0 atom stereocenters. The highest BCUT2D eigenvalue weighted by atomic mass is 16.4. The standard InChI is InChI=1S/C16H17N3O3/c1-2-19-14(12(10-17-19)16(21)22)15(20)18-9-5-7-11-6-3-4-8-13(11)18/h3-4,6,8,10H,2,5,7,9H2,1H3,(H,21,22). The summed E-state index contributed by atoms with van der Waals surface area (Å²) in [5, 5.41) is 13.3. The van der Waals surface area contributed by atoms with Gasteiger partial charge in [0.25, 0.3) is 5.91 Å². The van der Waals surface area contributed by atoms with Crippen LogP contribution in [-0.4, -0.2) is 33.3 Å². The first-order valence-electron chi connectivity index (χ1n) is 7.32. The van der Waals surface area contributed by atoms with Crippen LogP contribution in [0.3, 0.4) is 0 Å². The molecule has 3 rings (SSSR count). The van der Waals surface area contributed by atoms with Crippen molar-refractivity contribution in [3.8, 4) is 0 Å². The molecule has 1 aromatic heterocycles. The van der Waals surface area contributed by atoms with Crippen LogP contribution in [-0.2, 0) is 13.0 Å². The number of hydrogen-bond donors (Lipinski definition) is 1. The number of carbonyl (C=O) groups excluding carboxylic acids is 1. The van der Waals surface area contributed by atoms with Crippen LogP contribution in [0.15, 0.2) is 30.5 Å². The monoisotopic (exact) mass is 299 g/mol. The van der Waals surface area contributed by atoms with Gasteiger partial charge in [-0.05, 0) is 31.4 Å². The predicted molar refractivity (Wildman–Crippen MR) is 81.3 cm³/mol. The van der Waals surface area contributed by atoms with Crippen LogP contribution in [0.25, 0.3) is 0 Å². The van der Waals surface area contributed by atoms with Gasteiger partial charge in [0.2, 0.25) is 0 Å². The number of fused-ring (bicyclic) bond motifs is 1. The van der Waals surface area contributed by atoms with Gasteiger partial charge in [0.15, 0.2) is 0 Å². The smallest absolute Gasteiger partial charge is 0.339 e. The van der Waals surface area contributed by atoms with Crippen LogP contribution >= 0.6 is 0 Å². The zero-order chi connectivity index (χ0) is 15.7. The number of benzene rings is 1. The van der Waals surface area contributed by atoms with Crippen LogP contribution in [0.2, 0.25) is 0 Å². The zero-order valence-electron chi connectivity index (χ0n) is 12.3. The van der Waals surface area contributed by atoms with Gasteiger partial charge in [-0.15, -0.1) is 0 Å². The fourth-order valence-electron chi connectivity index (χ4n) is 2.88. The summed E-state index contributed by atoms with van der Waals surface area (Å²) < 4.78 is 1.45. The lowest BCUT2D eigenvalue weighted by molar-refractivity contribution is 0.0691. The largest absolute Gasteiger partial charge is 0.478 e. The molecule has 6 heteroatoms. The summed E-state index contributed by atoms with van der Waals surface area (Å²) in [6.07, 6.45) is 3.04. The third-order valence-corrected chi connectivity index (χ3v) is 3.93. The molecule has 0 aliphatic carbocycles. The molecular weight excluding hydrogens is 282 g/mol. The Morgan fingerprint density at radius 1 is 1.32 bits per heavy atom. The number of nitrogens with zero attached hydrogens (tertiary/aromatic N) is 3. The van der Waals surface area contributed by atoms with E-state index in [0.717, 1.165) is 24.1 Å². The average Bonchev–Trinajstić information content (AvgIpc) is 2.98. The van der Waals surface area contributed by atoms with E-state index in [4.69, 9.17) is 0 Å². The molecule has 0 unspecified atom stereocenters. The molecule has 1 aromatic carbocycles. The highest BCUT2D eigenvalue weighted by Crippen LogP contribution is 2.28. The molecule has 2 heterocycles. The fourth-order valence-corrected chi connectivity index (χ4v) is 2.88. The molecule has 6 nitrogen and oxygen atoms in total. The molecule has 0 spiro atoms. The molecular formula is C16H17N3O3. The number of rotatable bonds is 3. The normalized spacial score (nSPS) is 13.8. The quantitative estimate of drug-likeness (QED) is 0.942. The van der Waals surface area contributed by atoms with Crippen molar-refractivity contribution in [2.75, 3.05) is 11.4 Å². The van der Waals surface area contributed by atoms with Crippen molar-refractivity contribution in [1.82, 2.24) is 9.78 Å². The number of hydrogen-bond acceptors (Lipinski definition) is 3. The van der Waals surface area contributed by atoms with E-state index in [2.05, 4.69) is 5.10 Å². The van der Waals surface area contributed by atoms with Gasteiger partial charge in [0, 0.05) is 18.8 Å². The van der Waals surface area contributed by atoms with E-state index >= 15 is 0 Å². The van der Waals surface area contributed by atoms with Crippen LogP contribution in [0.4, 0.5) is 5.69 Å². The summed E-state index contributed by atoms with van der Waals surface area (Å²) in [5.41, 5.74) is 2.07. The Morgan fingerprint density at radius 2 is 2.09 bits per heavy atom. The Balaban J connectivity index is 2.06. The van der Waals surface area contributed by atoms with E-state index in [-0.39, 0.29) is 17.2 Å². The summed E-state index contributed by atoms with van der Waals surface area (Å²) in [5.74, 6) is -1.43. The van der Waals surface area contributed by atoms with E-state index in [1.54, 1.807) is 4.90 Å².